The molecule has 1 heterocycles. The zero-order valence-electron chi connectivity index (χ0n) is 20.3. The van der Waals surface area contributed by atoms with Crippen molar-refractivity contribution in [3.63, 3.8) is 0 Å². The van der Waals surface area contributed by atoms with E-state index >= 15 is 0 Å². The first-order chi connectivity index (χ1) is 17.1. The molecule has 1 aliphatic heterocycles. The second-order valence-electron chi connectivity index (χ2n) is 8.81. The lowest BCUT2D eigenvalue weighted by molar-refractivity contribution is -0.139. The third-order valence-electron chi connectivity index (χ3n) is 5.87. The van der Waals surface area contributed by atoms with E-state index in [1.165, 1.54) is 24.3 Å². The number of rotatable bonds is 11. The van der Waals surface area contributed by atoms with E-state index in [0.717, 1.165) is 5.56 Å². The molecule has 1 amide bonds. The highest BCUT2D eigenvalue weighted by Crippen LogP contribution is 2.26. The van der Waals surface area contributed by atoms with Crippen LogP contribution in [0.3, 0.4) is 0 Å². The Bertz CT molecular complexity index is 1140. The summed E-state index contributed by atoms with van der Waals surface area (Å²) in [6.45, 7) is 5.95. The Morgan fingerprint density at radius 2 is 1.89 bits per heavy atom. The maximum absolute atomic E-state index is 13.2. The van der Waals surface area contributed by atoms with E-state index in [4.69, 9.17) is 26.4 Å². The molecule has 2 aromatic carbocycles. The van der Waals surface area contributed by atoms with E-state index in [9.17, 15) is 17.6 Å². The fourth-order valence-electron chi connectivity index (χ4n) is 4.02. The lowest BCUT2D eigenvalue weighted by Gasteiger charge is -2.44. The number of halogens is 2. The van der Waals surface area contributed by atoms with Crippen LogP contribution in [0.5, 0.6) is 5.75 Å². The quantitative estimate of drug-likeness (QED) is 0.328. The molecule has 198 valence electrons. The Labute approximate surface area is 216 Å². The number of nitrogens with two attached hydrogens (primary N) is 1. The van der Waals surface area contributed by atoms with Crippen molar-refractivity contribution >= 4 is 27.6 Å². The summed E-state index contributed by atoms with van der Waals surface area (Å²) in [5.74, 6) is -0.743. The SMILES string of the molecule is C[C@@H]1CN(Cc2ccc(F)cc2)[C@@H](C)CN1C(=O)COc1ccc(Cl)cc1CS(=O)(=O)ONCCN. The molecule has 0 spiro atoms. The van der Waals surface area contributed by atoms with Gasteiger partial charge in [0, 0.05) is 55.4 Å². The Kier molecular flexibility index (Phi) is 10.1. The Hall–Kier alpha value is -2.28. The maximum atomic E-state index is 13.2. The van der Waals surface area contributed by atoms with Gasteiger partial charge in [0.1, 0.15) is 17.3 Å². The lowest BCUT2D eigenvalue weighted by atomic mass is 10.1. The van der Waals surface area contributed by atoms with Gasteiger partial charge in [-0.25, -0.2) is 4.39 Å². The molecule has 36 heavy (non-hydrogen) atoms. The Balaban J connectivity index is 1.60. The first-order valence-electron chi connectivity index (χ1n) is 11.6. The third-order valence-corrected chi connectivity index (χ3v) is 7.14. The van der Waals surface area contributed by atoms with Crippen molar-refractivity contribution in [2.24, 2.45) is 5.73 Å². The molecule has 1 saturated heterocycles. The fourth-order valence-corrected chi connectivity index (χ4v) is 5.15. The van der Waals surface area contributed by atoms with E-state index < -0.39 is 15.9 Å². The van der Waals surface area contributed by atoms with Gasteiger partial charge >= 0.3 is 0 Å². The normalized spacial score (nSPS) is 18.9. The summed E-state index contributed by atoms with van der Waals surface area (Å²) in [4.78, 5) is 17.0. The Morgan fingerprint density at radius 3 is 2.58 bits per heavy atom. The lowest BCUT2D eigenvalue weighted by Crippen LogP contribution is -2.58. The standard InChI is InChI=1S/C24H32ClFN4O5S/c1-17-13-30(18(2)12-29(17)14-19-3-6-22(26)7-4-19)24(31)15-34-23-8-5-21(25)11-20(23)16-36(32,33)35-28-10-9-27/h3-8,11,17-18,28H,9-10,12-16,27H2,1-2H3/t17-,18+/m0/s1. The van der Waals surface area contributed by atoms with Gasteiger partial charge in [0.25, 0.3) is 16.0 Å². The van der Waals surface area contributed by atoms with Gasteiger partial charge in [-0.2, -0.15) is 18.2 Å². The zero-order valence-corrected chi connectivity index (χ0v) is 21.9. The molecule has 1 fully saturated rings. The number of hydrogen-bond acceptors (Lipinski definition) is 8. The second kappa shape index (κ2) is 12.8. The fraction of sp³-hybridized carbons (Fsp3) is 0.458. The van der Waals surface area contributed by atoms with Crippen LogP contribution in [0.1, 0.15) is 25.0 Å². The number of hydroxylamine groups is 1. The first kappa shape index (κ1) is 28.3. The number of amides is 1. The average molecular weight is 543 g/mol. The maximum Gasteiger partial charge on any atom is 0.287 e. The summed E-state index contributed by atoms with van der Waals surface area (Å²) in [5.41, 5.74) is 8.89. The molecule has 0 bridgehead atoms. The molecule has 3 rings (SSSR count). The van der Waals surface area contributed by atoms with Crippen molar-refractivity contribution < 1.29 is 26.6 Å². The van der Waals surface area contributed by atoms with Gasteiger partial charge in [0.15, 0.2) is 6.61 Å². The number of nitrogens with zero attached hydrogens (tertiary/aromatic N) is 2. The number of benzene rings is 2. The van der Waals surface area contributed by atoms with Crippen LogP contribution >= 0.6 is 11.6 Å². The highest BCUT2D eigenvalue weighted by molar-refractivity contribution is 7.85. The third kappa shape index (κ3) is 8.12. The smallest absolute Gasteiger partial charge is 0.287 e. The van der Waals surface area contributed by atoms with Crippen molar-refractivity contribution in [1.82, 2.24) is 15.3 Å². The molecule has 0 aliphatic carbocycles. The van der Waals surface area contributed by atoms with Gasteiger partial charge < -0.3 is 15.4 Å². The van der Waals surface area contributed by atoms with E-state index in [2.05, 4.69) is 10.4 Å². The van der Waals surface area contributed by atoms with Crippen molar-refractivity contribution in [1.29, 1.82) is 0 Å². The number of ether oxygens (including phenoxy) is 1. The van der Waals surface area contributed by atoms with Crippen molar-refractivity contribution in [3.8, 4) is 5.75 Å². The van der Waals surface area contributed by atoms with Crippen molar-refractivity contribution in [3.05, 3.63) is 64.4 Å². The summed E-state index contributed by atoms with van der Waals surface area (Å²) in [6, 6.07) is 11.0. The predicted octanol–water partition coefficient (Wildman–Crippen LogP) is 2.29. The van der Waals surface area contributed by atoms with Crippen LogP contribution in [0.25, 0.3) is 0 Å². The van der Waals surface area contributed by atoms with Crippen LogP contribution < -0.4 is 16.0 Å². The van der Waals surface area contributed by atoms with E-state index in [1.807, 2.05) is 13.8 Å². The second-order valence-corrected chi connectivity index (χ2v) is 10.8. The summed E-state index contributed by atoms with van der Waals surface area (Å²) < 4.78 is 48.2. The van der Waals surface area contributed by atoms with E-state index in [0.29, 0.717) is 24.7 Å². The molecule has 2 aromatic rings. The molecule has 0 saturated carbocycles. The van der Waals surface area contributed by atoms with Gasteiger partial charge in [0.05, 0.1) is 0 Å². The molecule has 12 heteroatoms. The van der Waals surface area contributed by atoms with Crippen LogP contribution in [-0.4, -0.2) is 69.0 Å². The molecule has 2 atom stereocenters. The molecule has 3 N–H and O–H groups in total. The van der Waals surface area contributed by atoms with Crippen LogP contribution in [0, 0.1) is 5.82 Å². The van der Waals surface area contributed by atoms with Gasteiger partial charge in [-0.15, -0.1) is 0 Å². The molecule has 0 radical (unpaired) electrons. The van der Waals surface area contributed by atoms with Crippen LogP contribution in [-0.2, 0) is 31.5 Å². The number of hydrogen-bond donors (Lipinski definition) is 2. The zero-order chi connectivity index (χ0) is 26.3. The summed E-state index contributed by atoms with van der Waals surface area (Å²) in [6.07, 6.45) is 0. The summed E-state index contributed by atoms with van der Waals surface area (Å²) in [5, 5.41) is 0.327. The monoisotopic (exact) mass is 542 g/mol. The van der Waals surface area contributed by atoms with Crippen LogP contribution in [0.2, 0.25) is 5.02 Å². The van der Waals surface area contributed by atoms with Gasteiger partial charge in [-0.1, -0.05) is 23.7 Å². The van der Waals surface area contributed by atoms with Crippen molar-refractivity contribution in [2.45, 2.75) is 38.2 Å². The minimum atomic E-state index is -3.98. The minimum Gasteiger partial charge on any atom is -0.483 e. The van der Waals surface area contributed by atoms with Crippen molar-refractivity contribution in [2.75, 3.05) is 32.8 Å². The molecular formula is C24H32ClFN4O5S. The molecule has 1 aliphatic rings. The largest absolute Gasteiger partial charge is 0.483 e. The summed E-state index contributed by atoms with van der Waals surface area (Å²) in [7, 11) is -3.98. The van der Waals surface area contributed by atoms with Gasteiger partial charge in [-0.05, 0) is 49.7 Å². The predicted molar refractivity (Wildman–Crippen MR) is 135 cm³/mol. The highest BCUT2D eigenvalue weighted by Gasteiger charge is 2.32. The number of carbonyl (C=O) groups excluding carboxylic acids is 1. The minimum absolute atomic E-state index is 0.0650. The Morgan fingerprint density at radius 1 is 1.17 bits per heavy atom. The molecular weight excluding hydrogens is 511 g/mol. The van der Waals surface area contributed by atoms with E-state index in [-0.39, 0.29) is 54.8 Å². The molecule has 9 nitrogen and oxygen atoms in total. The van der Waals surface area contributed by atoms with E-state index in [1.54, 1.807) is 23.1 Å². The molecule has 0 aromatic heterocycles. The average Bonchev–Trinajstić information content (AvgIpc) is 2.81. The molecule has 0 unspecified atom stereocenters. The van der Waals surface area contributed by atoms with Gasteiger partial charge in [-0.3, -0.25) is 9.69 Å². The first-order valence-corrected chi connectivity index (χ1v) is 13.6. The van der Waals surface area contributed by atoms with Crippen LogP contribution in [0.4, 0.5) is 4.39 Å². The topological polar surface area (TPSA) is 114 Å². The van der Waals surface area contributed by atoms with Crippen LogP contribution in [0.15, 0.2) is 42.5 Å². The highest BCUT2D eigenvalue weighted by atomic mass is 35.5. The number of carbonyl (C=O) groups is 1. The van der Waals surface area contributed by atoms with Gasteiger partial charge in [0.2, 0.25) is 0 Å². The number of nitrogens with one attached hydrogen (secondary N) is 1. The summed E-state index contributed by atoms with van der Waals surface area (Å²) >= 11 is 6.05. The number of piperazine rings is 1.